The third-order valence-electron chi connectivity index (χ3n) is 2.73. The molecule has 21 heavy (non-hydrogen) atoms. The first-order valence-corrected chi connectivity index (χ1v) is 6.24. The summed E-state index contributed by atoms with van der Waals surface area (Å²) < 4.78 is 4.96. The molecule has 0 fully saturated rings. The van der Waals surface area contributed by atoms with Crippen LogP contribution in [0, 0.1) is 0 Å². The Morgan fingerprint density at radius 3 is 2.76 bits per heavy atom. The van der Waals surface area contributed by atoms with Gasteiger partial charge < -0.3 is 9.84 Å². The summed E-state index contributed by atoms with van der Waals surface area (Å²) in [6.45, 7) is 0.347. The minimum absolute atomic E-state index is 0.0781. The molecule has 104 valence electrons. The zero-order chi connectivity index (χ0) is 14.5. The number of aromatic nitrogens is 4. The normalized spacial score (nSPS) is 10.3. The van der Waals surface area contributed by atoms with Crippen molar-refractivity contribution in [2.24, 2.45) is 0 Å². The smallest absolute Gasteiger partial charge is 0.316 e. The topological polar surface area (TPSA) is 93.8 Å². The van der Waals surface area contributed by atoms with Gasteiger partial charge >= 0.3 is 11.8 Å². The van der Waals surface area contributed by atoms with Gasteiger partial charge in [0.2, 0.25) is 5.82 Å². The zero-order valence-corrected chi connectivity index (χ0v) is 10.9. The third-order valence-corrected chi connectivity index (χ3v) is 2.73. The maximum atomic E-state index is 11.9. The Bertz CT molecular complexity index is 727. The van der Waals surface area contributed by atoms with Crippen LogP contribution in [0.15, 0.2) is 53.6 Å². The standard InChI is InChI=1S/C14H11N5O2/c20-13(17-9-10-2-1-5-16-8-10)14-18-12(19-21-14)11-3-6-15-7-4-11/h1-8H,9H2,(H,17,20). The Morgan fingerprint density at radius 1 is 1.14 bits per heavy atom. The molecule has 0 saturated carbocycles. The van der Waals surface area contributed by atoms with E-state index in [0.717, 1.165) is 11.1 Å². The first-order chi connectivity index (χ1) is 10.3. The van der Waals surface area contributed by atoms with Crippen LogP contribution in [0.5, 0.6) is 0 Å². The van der Waals surface area contributed by atoms with E-state index in [1.807, 2.05) is 6.07 Å². The van der Waals surface area contributed by atoms with Gasteiger partial charge in [0.1, 0.15) is 0 Å². The number of hydrogen-bond acceptors (Lipinski definition) is 6. The van der Waals surface area contributed by atoms with E-state index in [-0.39, 0.29) is 5.89 Å². The molecule has 0 aliphatic heterocycles. The molecule has 3 rings (SSSR count). The molecule has 0 bridgehead atoms. The molecule has 0 atom stereocenters. The Balaban J connectivity index is 1.67. The number of nitrogens with one attached hydrogen (secondary N) is 1. The number of hydrogen-bond donors (Lipinski definition) is 1. The molecule has 7 heteroatoms. The van der Waals surface area contributed by atoms with Crippen molar-refractivity contribution in [3.63, 3.8) is 0 Å². The lowest BCUT2D eigenvalue weighted by Crippen LogP contribution is -2.23. The summed E-state index contributed by atoms with van der Waals surface area (Å²) >= 11 is 0. The van der Waals surface area contributed by atoms with Crippen molar-refractivity contribution in [1.82, 2.24) is 25.4 Å². The van der Waals surface area contributed by atoms with Crippen molar-refractivity contribution in [2.45, 2.75) is 6.54 Å². The van der Waals surface area contributed by atoms with Gasteiger partial charge in [0.05, 0.1) is 0 Å². The van der Waals surface area contributed by atoms with E-state index in [1.54, 1.807) is 43.0 Å². The summed E-state index contributed by atoms with van der Waals surface area (Å²) in [5.41, 5.74) is 1.62. The maximum absolute atomic E-state index is 11.9. The lowest BCUT2D eigenvalue weighted by molar-refractivity contribution is 0.0907. The SMILES string of the molecule is O=C(NCc1cccnc1)c1nc(-c2ccncc2)no1. The van der Waals surface area contributed by atoms with Gasteiger partial charge in [-0.3, -0.25) is 14.8 Å². The Kier molecular flexibility index (Phi) is 3.64. The molecule has 0 unspecified atom stereocenters. The number of amides is 1. The lowest BCUT2D eigenvalue weighted by atomic mass is 10.2. The Hall–Kier alpha value is -3.09. The fourth-order valence-corrected chi connectivity index (χ4v) is 1.69. The van der Waals surface area contributed by atoms with Crippen molar-refractivity contribution in [3.8, 4) is 11.4 Å². The average molecular weight is 281 g/mol. The van der Waals surface area contributed by atoms with Crippen LogP contribution in [0.1, 0.15) is 16.2 Å². The summed E-state index contributed by atoms with van der Waals surface area (Å²) in [7, 11) is 0. The van der Waals surface area contributed by atoms with E-state index in [2.05, 4.69) is 25.4 Å². The predicted molar refractivity (Wildman–Crippen MR) is 72.9 cm³/mol. The van der Waals surface area contributed by atoms with Crippen LogP contribution < -0.4 is 5.32 Å². The van der Waals surface area contributed by atoms with E-state index in [9.17, 15) is 4.79 Å². The van der Waals surface area contributed by atoms with Crippen LogP contribution in [0.4, 0.5) is 0 Å². The monoisotopic (exact) mass is 281 g/mol. The zero-order valence-electron chi connectivity index (χ0n) is 10.9. The second-order valence-electron chi connectivity index (χ2n) is 4.20. The summed E-state index contributed by atoms with van der Waals surface area (Å²) in [5, 5.41) is 6.47. The Morgan fingerprint density at radius 2 is 2.00 bits per heavy atom. The van der Waals surface area contributed by atoms with Crippen molar-refractivity contribution >= 4 is 5.91 Å². The molecular formula is C14H11N5O2. The third kappa shape index (κ3) is 3.08. The van der Waals surface area contributed by atoms with Gasteiger partial charge in [0, 0.05) is 36.9 Å². The van der Waals surface area contributed by atoms with Gasteiger partial charge in [-0.1, -0.05) is 11.2 Å². The molecule has 1 amide bonds. The van der Waals surface area contributed by atoms with Gasteiger partial charge in [-0.2, -0.15) is 4.98 Å². The van der Waals surface area contributed by atoms with Crippen molar-refractivity contribution in [1.29, 1.82) is 0 Å². The average Bonchev–Trinajstić information content (AvgIpc) is 3.04. The molecule has 0 spiro atoms. The molecule has 0 saturated heterocycles. The van der Waals surface area contributed by atoms with Crippen molar-refractivity contribution in [2.75, 3.05) is 0 Å². The van der Waals surface area contributed by atoms with E-state index in [0.29, 0.717) is 12.4 Å². The number of nitrogens with zero attached hydrogens (tertiary/aromatic N) is 4. The Labute approximate surface area is 120 Å². The first kappa shape index (κ1) is 12.9. The molecule has 7 nitrogen and oxygen atoms in total. The molecular weight excluding hydrogens is 270 g/mol. The fourth-order valence-electron chi connectivity index (χ4n) is 1.69. The second-order valence-corrected chi connectivity index (χ2v) is 4.20. The van der Waals surface area contributed by atoms with Crippen LogP contribution in [-0.4, -0.2) is 26.0 Å². The summed E-state index contributed by atoms with van der Waals surface area (Å²) in [6.07, 6.45) is 6.59. The summed E-state index contributed by atoms with van der Waals surface area (Å²) in [5.74, 6) is -0.152. The molecule has 3 aromatic rings. The van der Waals surface area contributed by atoms with Crippen LogP contribution in [0.2, 0.25) is 0 Å². The molecule has 3 heterocycles. The highest BCUT2D eigenvalue weighted by Crippen LogP contribution is 2.13. The highest BCUT2D eigenvalue weighted by Gasteiger charge is 2.15. The van der Waals surface area contributed by atoms with Crippen molar-refractivity contribution < 1.29 is 9.32 Å². The van der Waals surface area contributed by atoms with Crippen molar-refractivity contribution in [3.05, 3.63) is 60.5 Å². The minimum atomic E-state index is -0.424. The van der Waals surface area contributed by atoms with Gasteiger partial charge in [0.15, 0.2) is 0 Å². The maximum Gasteiger partial charge on any atom is 0.316 e. The van der Waals surface area contributed by atoms with E-state index in [1.165, 1.54) is 0 Å². The molecule has 3 aromatic heterocycles. The molecule has 0 aliphatic carbocycles. The van der Waals surface area contributed by atoms with Gasteiger partial charge in [0.25, 0.3) is 0 Å². The summed E-state index contributed by atoms with van der Waals surface area (Å²) in [6, 6.07) is 7.14. The van der Waals surface area contributed by atoms with Crippen LogP contribution in [-0.2, 0) is 6.54 Å². The van der Waals surface area contributed by atoms with E-state index < -0.39 is 5.91 Å². The number of carbonyl (C=O) groups is 1. The summed E-state index contributed by atoms with van der Waals surface area (Å²) in [4.78, 5) is 23.9. The van der Waals surface area contributed by atoms with Gasteiger partial charge in [-0.25, -0.2) is 0 Å². The molecule has 1 N–H and O–H groups in total. The van der Waals surface area contributed by atoms with Crippen LogP contribution >= 0.6 is 0 Å². The number of rotatable bonds is 4. The van der Waals surface area contributed by atoms with Crippen LogP contribution in [0.3, 0.4) is 0 Å². The second kappa shape index (κ2) is 5.91. The van der Waals surface area contributed by atoms with E-state index >= 15 is 0 Å². The molecule has 0 radical (unpaired) electrons. The fraction of sp³-hybridized carbons (Fsp3) is 0.0714. The molecule has 0 aliphatic rings. The van der Waals surface area contributed by atoms with Gasteiger partial charge in [-0.15, -0.1) is 0 Å². The molecule has 0 aromatic carbocycles. The number of carbonyl (C=O) groups excluding carboxylic acids is 1. The predicted octanol–water partition coefficient (Wildman–Crippen LogP) is 1.46. The highest BCUT2D eigenvalue weighted by molar-refractivity contribution is 5.89. The largest absolute Gasteiger partial charge is 0.344 e. The van der Waals surface area contributed by atoms with Gasteiger partial charge in [-0.05, 0) is 23.8 Å². The van der Waals surface area contributed by atoms with Crippen LogP contribution in [0.25, 0.3) is 11.4 Å². The quantitative estimate of drug-likeness (QED) is 0.778. The highest BCUT2D eigenvalue weighted by atomic mass is 16.5. The lowest BCUT2D eigenvalue weighted by Gasteiger charge is -2.00. The number of pyridine rings is 2. The van der Waals surface area contributed by atoms with E-state index in [4.69, 9.17) is 4.52 Å². The minimum Gasteiger partial charge on any atom is -0.344 e. The first-order valence-electron chi connectivity index (χ1n) is 6.24.